The molecule has 0 aliphatic carbocycles. The Morgan fingerprint density at radius 2 is 1.87 bits per heavy atom. The molecule has 5 nitrogen and oxygen atoms in total. The number of aryl methyl sites for hydroxylation is 1. The highest BCUT2D eigenvalue weighted by molar-refractivity contribution is 5.78. The maximum atomic E-state index is 12.3. The first-order valence-electron chi connectivity index (χ1n) is 8.19. The molecule has 1 heterocycles. The fourth-order valence-electron chi connectivity index (χ4n) is 3.20. The Labute approximate surface area is 138 Å². The van der Waals surface area contributed by atoms with Crippen molar-refractivity contribution in [3.05, 3.63) is 35.4 Å². The van der Waals surface area contributed by atoms with Crippen LogP contribution in [-0.2, 0) is 10.2 Å². The molecule has 1 aliphatic heterocycles. The summed E-state index contributed by atoms with van der Waals surface area (Å²) in [4.78, 5) is 25.3. The van der Waals surface area contributed by atoms with Gasteiger partial charge in [-0.25, -0.2) is 4.79 Å². The van der Waals surface area contributed by atoms with Crippen LogP contribution in [0.4, 0.5) is 4.79 Å². The van der Waals surface area contributed by atoms with Crippen molar-refractivity contribution in [2.75, 3.05) is 19.6 Å². The minimum Gasteiger partial charge on any atom is -0.369 e. The first-order valence-corrected chi connectivity index (χ1v) is 8.19. The zero-order chi connectivity index (χ0) is 17.0. The van der Waals surface area contributed by atoms with E-state index in [1.165, 1.54) is 11.1 Å². The van der Waals surface area contributed by atoms with Gasteiger partial charge in [-0.05, 0) is 30.9 Å². The molecular weight excluding hydrogens is 290 g/mol. The highest BCUT2D eigenvalue weighted by atomic mass is 16.2. The maximum absolute atomic E-state index is 12.3. The Bertz CT molecular complexity index is 575. The summed E-state index contributed by atoms with van der Waals surface area (Å²) in [6.45, 7) is 8.11. The summed E-state index contributed by atoms with van der Waals surface area (Å²) in [6.07, 6.45) is 1.31. The molecule has 1 fully saturated rings. The molecule has 3 amide bonds. The van der Waals surface area contributed by atoms with E-state index in [9.17, 15) is 9.59 Å². The number of urea groups is 1. The van der Waals surface area contributed by atoms with Gasteiger partial charge in [-0.15, -0.1) is 0 Å². The van der Waals surface area contributed by atoms with E-state index in [4.69, 9.17) is 5.73 Å². The summed E-state index contributed by atoms with van der Waals surface area (Å²) in [5.41, 5.74) is 7.67. The van der Waals surface area contributed by atoms with Crippen LogP contribution in [0.15, 0.2) is 24.3 Å². The van der Waals surface area contributed by atoms with E-state index in [1.54, 1.807) is 4.90 Å². The number of carbonyl (C=O) groups is 2. The van der Waals surface area contributed by atoms with Gasteiger partial charge in [-0.2, -0.15) is 0 Å². The van der Waals surface area contributed by atoms with Crippen molar-refractivity contribution in [3.63, 3.8) is 0 Å². The predicted octanol–water partition coefficient (Wildman–Crippen LogP) is 2.18. The van der Waals surface area contributed by atoms with Gasteiger partial charge in [0.25, 0.3) is 0 Å². The number of hydrogen-bond acceptors (Lipinski definition) is 2. The summed E-state index contributed by atoms with van der Waals surface area (Å²) in [6, 6.07) is 8.19. The minimum absolute atomic E-state index is 0.0606. The third kappa shape index (κ3) is 4.24. The monoisotopic (exact) mass is 317 g/mol. The van der Waals surface area contributed by atoms with Crippen molar-refractivity contribution < 1.29 is 9.59 Å². The Morgan fingerprint density at radius 1 is 1.26 bits per heavy atom. The van der Waals surface area contributed by atoms with E-state index < -0.39 is 0 Å². The lowest BCUT2D eigenvalue weighted by molar-refractivity contribution is -0.123. The average molecular weight is 317 g/mol. The van der Waals surface area contributed by atoms with E-state index in [0.717, 1.165) is 0 Å². The second-order valence-corrected chi connectivity index (χ2v) is 7.02. The first-order chi connectivity index (χ1) is 10.8. The van der Waals surface area contributed by atoms with Crippen LogP contribution < -0.4 is 11.1 Å². The van der Waals surface area contributed by atoms with Crippen molar-refractivity contribution in [1.29, 1.82) is 0 Å². The Hall–Kier alpha value is -2.04. The highest BCUT2D eigenvalue weighted by Crippen LogP contribution is 2.25. The number of primary amides is 1. The summed E-state index contributed by atoms with van der Waals surface area (Å²) >= 11 is 0. The fourth-order valence-corrected chi connectivity index (χ4v) is 3.20. The molecule has 0 bridgehead atoms. The number of carbonyl (C=O) groups excluding carboxylic acids is 2. The van der Waals surface area contributed by atoms with Crippen LogP contribution in [0.5, 0.6) is 0 Å². The number of piperidine rings is 1. The molecule has 1 saturated heterocycles. The van der Waals surface area contributed by atoms with Crippen molar-refractivity contribution in [2.24, 2.45) is 11.7 Å². The molecule has 1 aromatic carbocycles. The van der Waals surface area contributed by atoms with E-state index in [0.29, 0.717) is 32.5 Å². The summed E-state index contributed by atoms with van der Waals surface area (Å²) < 4.78 is 0. The van der Waals surface area contributed by atoms with Crippen LogP contribution in [0.2, 0.25) is 0 Å². The standard InChI is InChI=1S/C18H27N3O2/c1-13-6-4-5-7-15(13)18(2,3)12-20-17(23)21-10-8-14(9-11-21)16(19)22/h4-7,14H,8-12H2,1-3H3,(H2,19,22)(H,20,23). The van der Waals surface area contributed by atoms with Gasteiger partial charge in [-0.3, -0.25) is 4.79 Å². The van der Waals surface area contributed by atoms with Gasteiger partial charge >= 0.3 is 6.03 Å². The van der Waals surface area contributed by atoms with Gasteiger partial charge in [0.15, 0.2) is 0 Å². The predicted molar refractivity (Wildman–Crippen MR) is 91.1 cm³/mol. The van der Waals surface area contributed by atoms with Crippen LogP contribution in [0.3, 0.4) is 0 Å². The maximum Gasteiger partial charge on any atom is 0.317 e. The van der Waals surface area contributed by atoms with E-state index >= 15 is 0 Å². The lowest BCUT2D eigenvalue weighted by Gasteiger charge is -2.33. The topological polar surface area (TPSA) is 75.4 Å². The number of nitrogens with zero attached hydrogens (tertiary/aromatic N) is 1. The van der Waals surface area contributed by atoms with E-state index in [-0.39, 0.29) is 23.3 Å². The Balaban J connectivity index is 1.89. The third-order valence-corrected chi connectivity index (χ3v) is 4.74. The van der Waals surface area contributed by atoms with Gasteiger partial charge in [0.2, 0.25) is 5.91 Å². The number of rotatable bonds is 4. The van der Waals surface area contributed by atoms with Gasteiger partial charge in [0.1, 0.15) is 0 Å². The smallest absolute Gasteiger partial charge is 0.317 e. The third-order valence-electron chi connectivity index (χ3n) is 4.74. The molecular formula is C18H27N3O2. The molecule has 0 aromatic heterocycles. The molecule has 2 rings (SSSR count). The lowest BCUT2D eigenvalue weighted by atomic mass is 9.82. The quantitative estimate of drug-likeness (QED) is 0.893. The van der Waals surface area contributed by atoms with Crippen molar-refractivity contribution in [3.8, 4) is 0 Å². The normalized spacial score (nSPS) is 16.2. The number of benzene rings is 1. The fraction of sp³-hybridized carbons (Fsp3) is 0.556. The first kappa shape index (κ1) is 17.3. The van der Waals surface area contributed by atoms with E-state index in [2.05, 4.69) is 38.2 Å². The average Bonchev–Trinajstić information content (AvgIpc) is 2.53. The number of likely N-dealkylation sites (tertiary alicyclic amines) is 1. The Kier molecular flexibility index (Phi) is 5.29. The summed E-state index contributed by atoms with van der Waals surface area (Å²) in [7, 11) is 0. The van der Waals surface area contributed by atoms with Crippen LogP contribution >= 0.6 is 0 Å². The minimum atomic E-state index is -0.259. The molecule has 0 spiro atoms. The van der Waals surface area contributed by atoms with Crippen molar-refractivity contribution in [2.45, 2.75) is 39.0 Å². The number of nitrogens with one attached hydrogen (secondary N) is 1. The van der Waals surface area contributed by atoms with Gasteiger partial charge in [-0.1, -0.05) is 38.1 Å². The molecule has 0 atom stereocenters. The molecule has 1 aliphatic rings. The summed E-state index contributed by atoms with van der Waals surface area (Å²) in [5, 5.41) is 3.03. The molecule has 0 radical (unpaired) electrons. The molecule has 126 valence electrons. The van der Waals surface area contributed by atoms with Crippen LogP contribution in [0.1, 0.15) is 37.8 Å². The zero-order valence-electron chi connectivity index (χ0n) is 14.3. The van der Waals surface area contributed by atoms with Gasteiger partial charge in [0, 0.05) is 31.0 Å². The van der Waals surface area contributed by atoms with Crippen LogP contribution in [0.25, 0.3) is 0 Å². The molecule has 23 heavy (non-hydrogen) atoms. The molecule has 0 unspecified atom stereocenters. The van der Waals surface area contributed by atoms with Gasteiger partial charge in [0.05, 0.1) is 0 Å². The van der Waals surface area contributed by atoms with Crippen molar-refractivity contribution in [1.82, 2.24) is 10.2 Å². The van der Waals surface area contributed by atoms with Crippen LogP contribution in [-0.4, -0.2) is 36.5 Å². The highest BCUT2D eigenvalue weighted by Gasteiger charge is 2.28. The second-order valence-electron chi connectivity index (χ2n) is 7.02. The number of hydrogen-bond donors (Lipinski definition) is 2. The summed E-state index contributed by atoms with van der Waals surface area (Å²) in [5.74, 6) is -0.354. The number of amides is 3. The van der Waals surface area contributed by atoms with Crippen molar-refractivity contribution >= 4 is 11.9 Å². The van der Waals surface area contributed by atoms with E-state index in [1.807, 2.05) is 12.1 Å². The molecule has 1 aromatic rings. The molecule has 5 heteroatoms. The zero-order valence-corrected chi connectivity index (χ0v) is 14.3. The van der Waals surface area contributed by atoms with Crippen LogP contribution in [0, 0.1) is 12.8 Å². The molecule has 0 saturated carbocycles. The lowest BCUT2D eigenvalue weighted by Crippen LogP contribution is -2.48. The largest absolute Gasteiger partial charge is 0.369 e. The van der Waals surface area contributed by atoms with Gasteiger partial charge < -0.3 is 16.0 Å². The SMILES string of the molecule is Cc1ccccc1C(C)(C)CNC(=O)N1CCC(C(N)=O)CC1. The Morgan fingerprint density at radius 3 is 2.43 bits per heavy atom. The number of nitrogens with two attached hydrogens (primary N) is 1. The second kappa shape index (κ2) is 7.02. The molecule has 3 N–H and O–H groups in total.